The largest absolute Gasteiger partial charge is 0.490 e. The van der Waals surface area contributed by atoms with E-state index in [1.54, 1.807) is 12.2 Å². The molecule has 1 N–H and O–H groups in total. The molecule has 0 spiro atoms. The monoisotopic (exact) mass is 472 g/mol. The van der Waals surface area contributed by atoms with Gasteiger partial charge in [-0.15, -0.1) is 4.40 Å². The molecule has 1 aliphatic heterocycles. The third-order valence-corrected chi connectivity index (χ3v) is 5.37. The number of halogens is 3. The van der Waals surface area contributed by atoms with Crippen molar-refractivity contribution in [2.24, 2.45) is 4.40 Å². The Morgan fingerprint density at radius 3 is 2.42 bits per heavy atom. The molecule has 4 rings (SSSR count). The molecular weight excluding hydrogens is 453 g/mol. The molecule has 1 atom stereocenters. The smallest absolute Gasteiger partial charge is 0.416 e. The molecular formula is C24H19F3N2O3S. The summed E-state index contributed by atoms with van der Waals surface area (Å²) in [5, 5.41) is 0. The van der Waals surface area contributed by atoms with Gasteiger partial charge in [-0.05, 0) is 52.6 Å². The predicted octanol–water partition coefficient (Wildman–Crippen LogP) is 5.52. The molecule has 0 amide bonds. The quantitative estimate of drug-likeness (QED) is 0.492. The first-order valence-electron chi connectivity index (χ1n) is 9.95. The molecule has 5 nitrogen and oxygen atoms in total. The average molecular weight is 472 g/mol. The maximum Gasteiger partial charge on any atom is 0.416 e. The third-order valence-electron chi connectivity index (χ3n) is 4.78. The number of ether oxygens (including phenoxy) is 1. The van der Waals surface area contributed by atoms with Gasteiger partial charge in [-0.25, -0.2) is 9.69 Å². The molecule has 9 heteroatoms. The maximum absolute atomic E-state index is 12.6. The van der Waals surface area contributed by atoms with Gasteiger partial charge in [0.2, 0.25) is 0 Å². The molecule has 3 aromatic rings. The molecule has 33 heavy (non-hydrogen) atoms. The zero-order valence-corrected chi connectivity index (χ0v) is 18.0. The van der Waals surface area contributed by atoms with E-state index in [4.69, 9.17) is 9.02 Å². The average Bonchev–Trinajstić information content (AvgIpc) is 3.21. The molecule has 0 fully saturated rings. The normalized spacial score (nSPS) is 16.0. The number of nitrogens with zero attached hydrogens (tertiary/aromatic N) is 1. The second-order valence-corrected chi connectivity index (χ2v) is 7.96. The van der Waals surface area contributed by atoms with Crippen LogP contribution >= 0.6 is 0 Å². The van der Waals surface area contributed by atoms with Crippen molar-refractivity contribution in [3.05, 3.63) is 95.6 Å². The van der Waals surface area contributed by atoms with Crippen LogP contribution in [-0.2, 0) is 28.1 Å². The van der Waals surface area contributed by atoms with E-state index in [1.807, 2.05) is 48.5 Å². The van der Waals surface area contributed by atoms with E-state index >= 15 is 0 Å². The van der Waals surface area contributed by atoms with E-state index in [0.29, 0.717) is 23.6 Å². The van der Waals surface area contributed by atoms with E-state index in [1.165, 1.54) is 12.1 Å². The molecule has 3 aromatic carbocycles. The molecule has 0 aromatic heterocycles. The first kappa shape index (κ1) is 22.8. The van der Waals surface area contributed by atoms with Crippen LogP contribution < -0.4 is 10.2 Å². The molecule has 1 heterocycles. The summed E-state index contributed by atoms with van der Waals surface area (Å²) >= 11 is -1.68. The van der Waals surface area contributed by atoms with Crippen LogP contribution in [0.15, 0.2) is 83.3 Å². The van der Waals surface area contributed by atoms with E-state index in [2.05, 4.69) is 9.88 Å². The molecule has 0 bridgehead atoms. The Hall–Kier alpha value is -3.43. The summed E-state index contributed by atoms with van der Waals surface area (Å²) in [6.45, 7) is 0.271. The van der Waals surface area contributed by atoms with Crippen LogP contribution in [-0.4, -0.2) is 16.7 Å². The predicted molar refractivity (Wildman–Crippen MR) is 121 cm³/mol. The van der Waals surface area contributed by atoms with Gasteiger partial charge in [-0.1, -0.05) is 54.6 Å². The summed E-state index contributed by atoms with van der Waals surface area (Å²) in [6.07, 6.45) is -0.419. The minimum Gasteiger partial charge on any atom is -0.490 e. The van der Waals surface area contributed by atoms with Gasteiger partial charge < -0.3 is 4.74 Å². The van der Waals surface area contributed by atoms with Crippen molar-refractivity contribution in [1.29, 1.82) is 0 Å². The lowest BCUT2D eigenvalue weighted by molar-refractivity contribution is -0.137. The van der Waals surface area contributed by atoms with E-state index in [0.717, 1.165) is 28.8 Å². The summed E-state index contributed by atoms with van der Waals surface area (Å²) in [4.78, 5) is 0. The lowest BCUT2D eigenvalue weighted by atomic mass is 10.0. The number of alkyl halides is 3. The second-order valence-electron chi connectivity index (χ2n) is 7.18. The van der Waals surface area contributed by atoms with Crippen molar-refractivity contribution in [2.75, 3.05) is 6.61 Å². The number of benzene rings is 3. The van der Waals surface area contributed by atoms with E-state index in [9.17, 15) is 17.4 Å². The highest BCUT2D eigenvalue weighted by atomic mass is 32.2. The first-order chi connectivity index (χ1) is 15.9. The Labute approximate surface area is 191 Å². The Morgan fingerprint density at radius 1 is 1.00 bits per heavy atom. The second kappa shape index (κ2) is 10.0. The van der Waals surface area contributed by atoms with Gasteiger partial charge in [0, 0.05) is 6.42 Å². The molecule has 1 unspecified atom stereocenters. The van der Waals surface area contributed by atoms with Gasteiger partial charge in [0.25, 0.3) is 0 Å². The molecule has 0 radical (unpaired) electrons. The van der Waals surface area contributed by atoms with Crippen molar-refractivity contribution in [3.63, 3.8) is 0 Å². The zero-order chi connectivity index (χ0) is 23.3. The fourth-order valence-corrected chi connectivity index (χ4v) is 3.70. The summed E-state index contributed by atoms with van der Waals surface area (Å²) in [5.41, 5.74) is 5.46. The van der Waals surface area contributed by atoms with Crippen molar-refractivity contribution in [1.82, 2.24) is 5.48 Å². The molecule has 0 saturated carbocycles. The summed E-state index contributed by atoms with van der Waals surface area (Å²) in [6, 6.07) is 20.4. The Bertz CT molecular complexity index is 1210. The topological polar surface area (TPSA) is 59.9 Å². The summed E-state index contributed by atoms with van der Waals surface area (Å²) in [7, 11) is 0. The number of hydroxylamine groups is 1. The highest BCUT2D eigenvalue weighted by Gasteiger charge is 2.29. The number of nitrogens with one attached hydrogen (secondary N) is 1. The number of rotatable bonds is 7. The van der Waals surface area contributed by atoms with Gasteiger partial charge >= 0.3 is 17.4 Å². The van der Waals surface area contributed by atoms with Gasteiger partial charge in [-0.2, -0.15) is 17.5 Å². The first-order valence-corrected chi connectivity index (χ1v) is 11.0. The van der Waals surface area contributed by atoms with Crippen molar-refractivity contribution in [2.45, 2.75) is 12.6 Å². The zero-order valence-electron chi connectivity index (χ0n) is 17.2. The minimum absolute atomic E-state index is 0.271. The number of hydrogen-bond acceptors (Lipinski definition) is 4. The highest BCUT2D eigenvalue weighted by Crippen LogP contribution is 2.29. The van der Waals surface area contributed by atoms with Crippen molar-refractivity contribution < 1.29 is 26.4 Å². The van der Waals surface area contributed by atoms with E-state index in [-0.39, 0.29) is 6.61 Å². The van der Waals surface area contributed by atoms with Gasteiger partial charge in [0.05, 0.1) is 5.56 Å². The van der Waals surface area contributed by atoms with Crippen molar-refractivity contribution in [3.8, 4) is 16.9 Å². The van der Waals surface area contributed by atoms with E-state index < -0.39 is 23.0 Å². The van der Waals surface area contributed by atoms with Crippen LogP contribution in [0, 0.1) is 0 Å². The van der Waals surface area contributed by atoms with Gasteiger partial charge in [-0.3, -0.25) is 0 Å². The number of amidine groups is 1. The summed E-state index contributed by atoms with van der Waals surface area (Å²) < 4.78 is 63.4. The standard InChI is InChI=1S/C24H19F3N2O3S/c25-24(26,27)21-11-9-17(10-12-21)5-3-13-31-22-8-2-7-20(16-22)19-6-1-4-18(14-19)15-23-28-32-33(30)29-23/h1-12,14,16H,13,15H2,(H,28,29)/b5-3+. The van der Waals surface area contributed by atoms with Crippen LogP contribution in [0.1, 0.15) is 16.7 Å². The molecule has 1 aliphatic rings. The Morgan fingerprint density at radius 2 is 1.73 bits per heavy atom. The van der Waals surface area contributed by atoms with Gasteiger partial charge in [0.1, 0.15) is 18.2 Å². The fourth-order valence-electron chi connectivity index (χ4n) is 3.21. The molecule has 170 valence electrons. The Kier molecular flexibility index (Phi) is 6.90. The van der Waals surface area contributed by atoms with Gasteiger partial charge in [0.15, 0.2) is 0 Å². The molecule has 0 saturated heterocycles. The SMILES string of the molecule is O=S1N=C(Cc2cccc(-c3cccc(OC/C=C/c4ccc(C(F)(F)F)cc4)c3)c2)NO1. The maximum atomic E-state index is 12.6. The third kappa shape index (κ3) is 6.30. The highest BCUT2D eigenvalue weighted by molar-refractivity contribution is 7.79. The van der Waals surface area contributed by atoms with Crippen LogP contribution in [0.5, 0.6) is 5.75 Å². The van der Waals surface area contributed by atoms with Crippen LogP contribution in [0.3, 0.4) is 0 Å². The Balaban J connectivity index is 1.37. The van der Waals surface area contributed by atoms with Crippen molar-refractivity contribution >= 4 is 23.2 Å². The van der Waals surface area contributed by atoms with Crippen LogP contribution in [0.2, 0.25) is 0 Å². The fraction of sp³-hybridized carbons (Fsp3) is 0.125. The summed E-state index contributed by atoms with van der Waals surface area (Å²) in [5.74, 6) is 1.17. The lowest BCUT2D eigenvalue weighted by Gasteiger charge is -2.08. The number of hydrogen-bond donors (Lipinski definition) is 1. The van der Waals surface area contributed by atoms with Crippen LogP contribution in [0.25, 0.3) is 17.2 Å². The lowest BCUT2D eigenvalue weighted by Crippen LogP contribution is -2.18. The minimum atomic E-state index is -4.34. The van der Waals surface area contributed by atoms with Crippen LogP contribution in [0.4, 0.5) is 13.2 Å². The molecule has 0 aliphatic carbocycles.